The first-order valence-corrected chi connectivity index (χ1v) is 6.95. The molecular formula is C14H11FN2O2S. The standard InChI is InChI=1S/C14H11FN2O2S/c15-9-3-5-12-16-14(11-2-1-7-20-11)10(17(12)8-9)4-6-13(18)19/h1-3,5,7-8H,4,6H2,(H,18,19). The summed E-state index contributed by atoms with van der Waals surface area (Å²) in [7, 11) is 0. The van der Waals surface area contributed by atoms with E-state index in [-0.39, 0.29) is 12.2 Å². The van der Waals surface area contributed by atoms with Crippen LogP contribution in [0.25, 0.3) is 16.2 Å². The summed E-state index contributed by atoms with van der Waals surface area (Å²) < 4.78 is 15.0. The van der Waals surface area contributed by atoms with E-state index in [9.17, 15) is 9.18 Å². The minimum Gasteiger partial charge on any atom is -0.481 e. The van der Waals surface area contributed by atoms with Gasteiger partial charge in [0, 0.05) is 12.6 Å². The number of imidazole rings is 1. The molecule has 3 heterocycles. The zero-order valence-electron chi connectivity index (χ0n) is 10.4. The number of hydrogen-bond acceptors (Lipinski definition) is 3. The van der Waals surface area contributed by atoms with Crippen molar-refractivity contribution in [3.8, 4) is 10.6 Å². The van der Waals surface area contributed by atoms with Gasteiger partial charge in [0.25, 0.3) is 0 Å². The maximum absolute atomic E-state index is 13.4. The van der Waals surface area contributed by atoms with Crippen LogP contribution in [0.4, 0.5) is 4.39 Å². The zero-order chi connectivity index (χ0) is 14.1. The van der Waals surface area contributed by atoms with Crippen LogP contribution in [0.15, 0.2) is 35.8 Å². The Morgan fingerprint density at radius 2 is 2.25 bits per heavy atom. The molecular weight excluding hydrogens is 279 g/mol. The fourth-order valence-electron chi connectivity index (χ4n) is 2.14. The summed E-state index contributed by atoms with van der Waals surface area (Å²) in [5, 5.41) is 10.8. The maximum Gasteiger partial charge on any atom is 0.303 e. The van der Waals surface area contributed by atoms with Crippen LogP contribution < -0.4 is 0 Å². The Balaban J connectivity index is 2.17. The molecule has 3 aromatic rings. The van der Waals surface area contributed by atoms with Crippen molar-refractivity contribution in [3.05, 3.63) is 47.4 Å². The molecule has 4 nitrogen and oxygen atoms in total. The number of carbonyl (C=O) groups is 1. The van der Waals surface area contributed by atoms with E-state index in [0.717, 1.165) is 16.3 Å². The molecule has 0 aliphatic heterocycles. The van der Waals surface area contributed by atoms with Crippen LogP contribution in [0, 0.1) is 5.82 Å². The number of hydrogen-bond donors (Lipinski definition) is 1. The quantitative estimate of drug-likeness (QED) is 0.802. The number of aromatic nitrogens is 2. The summed E-state index contributed by atoms with van der Waals surface area (Å²) in [5.74, 6) is -1.25. The molecule has 0 atom stereocenters. The minimum atomic E-state index is -0.881. The normalized spacial score (nSPS) is 11.1. The van der Waals surface area contributed by atoms with E-state index in [0.29, 0.717) is 12.1 Å². The van der Waals surface area contributed by atoms with Crippen molar-refractivity contribution in [1.29, 1.82) is 0 Å². The lowest BCUT2D eigenvalue weighted by atomic mass is 10.2. The summed E-state index contributed by atoms with van der Waals surface area (Å²) in [6.07, 6.45) is 1.65. The van der Waals surface area contributed by atoms with Gasteiger partial charge in [-0.3, -0.25) is 4.79 Å². The van der Waals surface area contributed by atoms with Crippen molar-refractivity contribution in [2.45, 2.75) is 12.8 Å². The Kier molecular flexibility index (Phi) is 3.23. The van der Waals surface area contributed by atoms with Crippen molar-refractivity contribution < 1.29 is 14.3 Å². The highest BCUT2D eigenvalue weighted by Crippen LogP contribution is 2.29. The Bertz CT molecular complexity index is 765. The number of halogens is 1. The molecule has 0 aromatic carbocycles. The first kappa shape index (κ1) is 12.8. The van der Waals surface area contributed by atoms with E-state index in [1.165, 1.54) is 23.6 Å². The van der Waals surface area contributed by atoms with E-state index >= 15 is 0 Å². The fourth-order valence-corrected chi connectivity index (χ4v) is 2.88. The van der Waals surface area contributed by atoms with Crippen LogP contribution in [-0.4, -0.2) is 20.5 Å². The van der Waals surface area contributed by atoms with Crippen LogP contribution in [0.2, 0.25) is 0 Å². The Morgan fingerprint density at radius 1 is 1.40 bits per heavy atom. The molecule has 0 bridgehead atoms. The summed E-state index contributed by atoms with van der Waals surface area (Å²) in [5.41, 5.74) is 2.08. The summed E-state index contributed by atoms with van der Waals surface area (Å²) >= 11 is 1.53. The third-order valence-electron chi connectivity index (χ3n) is 3.01. The highest BCUT2D eigenvalue weighted by molar-refractivity contribution is 7.13. The fraction of sp³-hybridized carbons (Fsp3) is 0.143. The van der Waals surface area contributed by atoms with Crippen molar-refractivity contribution in [3.63, 3.8) is 0 Å². The Labute approximate surface area is 118 Å². The number of carboxylic acid groups (broad SMARTS) is 1. The highest BCUT2D eigenvalue weighted by atomic mass is 32.1. The van der Waals surface area contributed by atoms with Gasteiger partial charge in [0.1, 0.15) is 17.2 Å². The number of carboxylic acids is 1. The summed E-state index contributed by atoms with van der Waals surface area (Å²) in [6.45, 7) is 0. The third kappa shape index (κ3) is 2.30. The predicted molar refractivity (Wildman–Crippen MR) is 74.4 cm³/mol. The number of nitrogens with zero attached hydrogens (tertiary/aromatic N) is 2. The lowest BCUT2D eigenvalue weighted by Crippen LogP contribution is -2.01. The molecule has 20 heavy (non-hydrogen) atoms. The number of aliphatic carboxylic acids is 1. The molecule has 6 heteroatoms. The highest BCUT2D eigenvalue weighted by Gasteiger charge is 2.16. The smallest absolute Gasteiger partial charge is 0.303 e. The van der Waals surface area contributed by atoms with Gasteiger partial charge in [-0.05, 0) is 23.6 Å². The largest absolute Gasteiger partial charge is 0.481 e. The summed E-state index contributed by atoms with van der Waals surface area (Å²) in [4.78, 5) is 16.2. The van der Waals surface area contributed by atoms with E-state index in [4.69, 9.17) is 5.11 Å². The Morgan fingerprint density at radius 3 is 2.95 bits per heavy atom. The molecule has 102 valence electrons. The van der Waals surface area contributed by atoms with Crippen LogP contribution in [0.3, 0.4) is 0 Å². The first-order valence-electron chi connectivity index (χ1n) is 6.07. The average Bonchev–Trinajstić information content (AvgIpc) is 3.02. The monoisotopic (exact) mass is 290 g/mol. The number of aryl methyl sites for hydroxylation is 1. The zero-order valence-corrected chi connectivity index (χ0v) is 11.2. The van der Waals surface area contributed by atoms with Gasteiger partial charge in [-0.25, -0.2) is 9.37 Å². The topological polar surface area (TPSA) is 54.6 Å². The predicted octanol–water partition coefficient (Wildman–Crippen LogP) is 3.22. The van der Waals surface area contributed by atoms with Gasteiger partial charge in [0.2, 0.25) is 0 Å². The van der Waals surface area contributed by atoms with Crippen LogP contribution in [0.1, 0.15) is 12.1 Å². The molecule has 1 N–H and O–H groups in total. The SMILES string of the molecule is O=C(O)CCc1c(-c2cccs2)nc2ccc(F)cn12. The maximum atomic E-state index is 13.4. The van der Waals surface area contributed by atoms with Crippen molar-refractivity contribution >= 4 is 23.0 Å². The second kappa shape index (κ2) is 5.05. The lowest BCUT2D eigenvalue weighted by Gasteiger charge is -2.02. The molecule has 0 aliphatic carbocycles. The second-order valence-corrected chi connectivity index (χ2v) is 5.30. The van der Waals surface area contributed by atoms with Crippen molar-refractivity contribution in [2.24, 2.45) is 0 Å². The van der Waals surface area contributed by atoms with E-state index in [1.807, 2.05) is 17.5 Å². The van der Waals surface area contributed by atoms with Gasteiger partial charge in [0.15, 0.2) is 0 Å². The second-order valence-electron chi connectivity index (χ2n) is 4.35. The molecule has 3 aromatic heterocycles. The van der Waals surface area contributed by atoms with Gasteiger partial charge in [0.05, 0.1) is 17.0 Å². The molecule has 0 amide bonds. The number of fused-ring (bicyclic) bond motifs is 1. The lowest BCUT2D eigenvalue weighted by molar-refractivity contribution is -0.136. The van der Waals surface area contributed by atoms with Crippen LogP contribution in [0.5, 0.6) is 0 Å². The molecule has 0 saturated carbocycles. The van der Waals surface area contributed by atoms with E-state index < -0.39 is 5.97 Å². The van der Waals surface area contributed by atoms with Crippen molar-refractivity contribution in [1.82, 2.24) is 9.38 Å². The average molecular weight is 290 g/mol. The number of pyridine rings is 1. The molecule has 0 unspecified atom stereocenters. The van der Waals surface area contributed by atoms with E-state index in [2.05, 4.69) is 4.98 Å². The van der Waals surface area contributed by atoms with Gasteiger partial charge >= 0.3 is 5.97 Å². The van der Waals surface area contributed by atoms with Gasteiger partial charge < -0.3 is 9.51 Å². The Hall–Kier alpha value is -2.21. The molecule has 0 aliphatic rings. The number of rotatable bonds is 4. The molecule has 0 saturated heterocycles. The van der Waals surface area contributed by atoms with Crippen LogP contribution >= 0.6 is 11.3 Å². The van der Waals surface area contributed by atoms with E-state index in [1.54, 1.807) is 10.5 Å². The summed E-state index contributed by atoms with van der Waals surface area (Å²) in [6, 6.07) is 6.77. The minimum absolute atomic E-state index is 0.0112. The molecule has 0 fully saturated rings. The third-order valence-corrected chi connectivity index (χ3v) is 3.89. The van der Waals surface area contributed by atoms with Gasteiger partial charge in [-0.15, -0.1) is 11.3 Å². The van der Waals surface area contributed by atoms with Crippen LogP contribution in [-0.2, 0) is 11.2 Å². The molecule has 0 radical (unpaired) electrons. The van der Waals surface area contributed by atoms with Gasteiger partial charge in [-0.2, -0.15) is 0 Å². The molecule has 0 spiro atoms. The number of thiophene rings is 1. The van der Waals surface area contributed by atoms with Gasteiger partial charge in [-0.1, -0.05) is 6.07 Å². The first-order chi connectivity index (χ1) is 9.65. The van der Waals surface area contributed by atoms with Crippen molar-refractivity contribution in [2.75, 3.05) is 0 Å². The molecule has 3 rings (SSSR count).